The van der Waals surface area contributed by atoms with Crippen LogP contribution in [0.3, 0.4) is 0 Å². The Balaban J connectivity index is 1.94. The number of carbonyl (C=O) groups is 1. The molecule has 26 heavy (non-hydrogen) atoms. The number of hydrogen-bond donors (Lipinski definition) is 1. The summed E-state index contributed by atoms with van der Waals surface area (Å²) in [7, 11) is 1.80. The molecule has 5 heteroatoms. The van der Waals surface area contributed by atoms with Crippen molar-refractivity contribution in [2.45, 2.75) is 13.3 Å². The van der Waals surface area contributed by atoms with Crippen molar-refractivity contribution in [2.75, 3.05) is 18.9 Å². The van der Waals surface area contributed by atoms with Crippen molar-refractivity contribution < 1.29 is 4.79 Å². The number of nitrogens with one attached hydrogen (secondary N) is 1. The number of likely N-dealkylation sites (N-methyl/N-ethyl adjacent to an activating group) is 1. The van der Waals surface area contributed by atoms with Gasteiger partial charge in [-0.25, -0.2) is 9.97 Å². The molecule has 2 aromatic carbocycles. The van der Waals surface area contributed by atoms with Crippen molar-refractivity contribution in [2.24, 2.45) is 0 Å². The summed E-state index contributed by atoms with van der Waals surface area (Å²) in [6, 6.07) is 13.4. The second-order valence-corrected chi connectivity index (χ2v) is 6.01. The third-order valence-corrected chi connectivity index (χ3v) is 4.25. The first kappa shape index (κ1) is 17.4. The number of amides is 1. The Bertz CT molecular complexity index is 991. The Hall–Kier alpha value is -3.39. The molecular weight excluding hydrogens is 324 g/mol. The van der Waals surface area contributed by atoms with Crippen molar-refractivity contribution in [3.05, 3.63) is 59.9 Å². The highest BCUT2D eigenvalue weighted by Gasteiger charge is 2.10. The quantitative estimate of drug-likeness (QED) is 0.721. The number of nitrogens with zero attached hydrogens (tertiary/aromatic N) is 3. The third-order valence-electron chi connectivity index (χ3n) is 4.25. The predicted octanol–water partition coefficient (Wildman–Crippen LogP) is 3.38. The molecule has 5 nitrogen and oxygen atoms in total. The summed E-state index contributed by atoms with van der Waals surface area (Å²) in [5, 5.41) is 4.16. The Morgan fingerprint density at radius 1 is 1.23 bits per heavy atom. The van der Waals surface area contributed by atoms with E-state index in [2.05, 4.69) is 21.2 Å². The highest BCUT2D eigenvalue weighted by Crippen LogP contribution is 2.24. The lowest BCUT2D eigenvalue weighted by molar-refractivity contribution is -0.128. The van der Waals surface area contributed by atoms with Crippen LogP contribution in [0.25, 0.3) is 10.9 Å². The topological polar surface area (TPSA) is 58.1 Å². The molecule has 130 valence electrons. The third kappa shape index (κ3) is 3.81. The minimum Gasteiger partial charge on any atom is -0.346 e. The SMILES string of the molecule is C#Cc1cccc(Nc2ncnc3ccc(CC(=O)N(C)CC)cc23)c1. The van der Waals surface area contributed by atoms with Crippen LogP contribution in [0.1, 0.15) is 18.1 Å². The van der Waals surface area contributed by atoms with Gasteiger partial charge in [0.15, 0.2) is 0 Å². The molecule has 3 rings (SSSR count). The van der Waals surface area contributed by atoms with Crippen LogP contribution in [0.4, 0.5) is 11.5 Å². The summed E-state index contributed by atoms with van der Waals surface area (Å²) in [4.78, 5) is 22.6. The summed E-state index contributed by atoms with van der Waals surface area (Å²) in [5.41, 5.74) is 3.39. The number of fused-ring (bicyclic) bond motifs is 1. The lowest BCUT2D eigenvalue weighted by atomic mass is 10.1. The maximum absolute atomic E-state index is 12.2. The van der Waals surface area contributed by atoms with Crippen LogP contribution in [-0.4, -0.2) is 34.4 Å². The van der Waals surface area contributed by atoms with Crippen molar-refractivity contribution in [1.82, 2.24) is 14.9 Å². The molecular formula is C21H20N4O. The number of benzene rings is 2. The monoisotopic (exact) mass is 344 g/mol. The first-order valence-electron chi connectivity index (χ1n) is 8.42. The van der Waals surface area contributed by atoms with Crippen LogP contribution in [0.5, 0.6) is 0 Å². The van der Waals surface area contributed by atoms with E-state index in [1.165, 1.54) is 6.33 Å². The summed E-state index contributed by atoms with van der Waals surface area (Å²) in [6.07, 6.45) is 7.33. The fourth-order valence-corrected chi connectivity index (χ4v) is 2.62. The second-order valence-electron chi connectivity index (χ2n) is 6.01. The second kappa shape index (κ2) is 7.66. The van der Waals surface area contributed by atoms with Crippen molar-refractivity contribution in [3.63, 3.8) is 0 Å². The van der Waals surface area contributed by atoms with E-state index in [1.807, 2.05) is 49.4 Å². The average Bonchev–Trinajstić information content (AvgIpc) is 2.68. The van der Waals surface area contributed by atoms with Gasteiger partial charge in [0.1, 0.15) is 12.1 Å². The van der Waals surface area contributed by atoms with Crippen molar-refractivity contribution in [1.29, 1.82) is 0 Å². The highest BCUT2D eigenvalue weighted by atomic mass is 16.2. The van der Waals surface area contributed by atoms with E-state index in [4.69, 9.17) is 6.42 Å². The number of terminal acetylenes is 1. The van der Waals surface area contributed by atoms with Gasteiger partial charge in [0.25, 0.3) is 0 Å². The minimum atomic E-state index is 0.0833. The Kier molecular flexibility index (Phi) is 5.14. The lowest BCUT2D eigenvalue weighted by Gasteiger charge is -2.15. The molecule has 0 saturated carbocycles. The molecule has 1 aromatic heterocycles. The molecule has 3 aromatic rings. The maximum Gasteiger partial charge on any atom is 0.226 e. The largest absolute Gasteiger partial charge is 0.346 e. The van der Waals surface area contributed by atoms with E-state index < -0.39 is 0 Å². The van der Waals surface area contributed by atoms with Crippen LogP contribution in [0.2, 0.25) is 0 Å². The number of aromatic nitrogens is 2. The van der Waals surface area contributed by atoms with Crippen molar-refractivity contribution in [3.8, 4) is 12.3 Å². The average molecular weight is 344 g/mol. The molecule has 0 saturated heterocycles. The van der Waals surface area contributed by atoms with Gasteiger partial charge in [-0.3, -0.25) is 4.79 Å². The Morgan fingerprint density at radius 2 is 2.08 bits per heavy atom. The molecule has 0 aliphatic rings. The summed E-state index contributed by atoms with van der Waals surface area (Å²) in [5.74, 6) is 3.39. The number of hydrogen-bond acceptors (Lipinski definition) is 4. The van der Waals surface area contributed by atoms with E-state index in [1.54, 1.807) is 11.9 Å². The highest BCUT2D eigenvalue weighted by molar-refractivity contribution is 5.92. The molecule has 1 heterocycles. The van der Waals surface area contributed by atoms with E-state index in [9.17, 15) is 4.79 Å². The maximum atomic E-state index is 12.2. The fourth-order valence-electron chi connectivity index (χ4n) is 2.62. The standard InChI is InChI=1S/C21H20N4O/c1-4-15-7-6-8-17(11-15)24-21-18-12-16(13-20(26)25(3)5-2)9-10-19(18)22-14-23-21/h1,6-12,14H,5,13H2,2-3H3,(H,22,23,24). The predicted molar refractivity (Wildman–Crippen MR) is 104 cm³/mol. The summed E-state index contributed by atoms with van der Waals surface area (Å²) in [6.45, 7) is 2.65. The Labute approximate surface area is 153 Å². The van der Waals surface area contributed by atoms with Crippen LogP contribution in [0.15, 0.2) is 48.8 Å². The molecule has 1 N–H and O–H groups in total. The zero-order chi connectivity index (χ0) is 18.5. The van der Waals surface area contributed by atoms with E-state index in [0.717, 1.165) is 27.7 Å². The van der Waals surface area contributed by atoms with Crippen molar-refractivity contribution >= 4 is 28.3 Å². The van der Waals surface area contributed by atoms with Gasteiger partial charge in [-0.15, -0.1) is 6.42 Å². The van der Waals surface area contributed by atoms with Gasteiger partial charge < -0.3 is 10.2 Å². The molecule has 0 bridgehead atoms. The van der Waals surface area contributed by atoms with Gasteiger partial charge >= 0.3 is 0 Å². The smallest absolute Gasteiger partial charge is 0.226 e. The molecule has 0 aliphatic heterocycles. The van der Waals surface area contributed by atoms with Crippen LogP contribution in [-0.2, 0) is 11.2 Å². The Morgan fingerprint density at radius 3 is 2.85 bits per heavy atom. The summed E-state index contributed by atoms with van der Waals surface area (Å²) < 4.78 is 0. The van der Waals surface area contributed by atoms with E-state index >= 15 is 0 Å². The van der Waals surface area contributed by atoms with Gasteiger partial charge in [-0.05, 0) is 42.8 Å². The first-order chi connectivity index (χ1) is 12.6. The number of anilines is 2. The van der Waals surface area contributed by atoms with Crippen LogP contribution < -0.4 is 5.32 Å². The van der Waals surface area contributed by atoms with Gasteiger partial charge in [0, 0.05) is 30.2 Å². The molecule has 0 atom stereocenters. The molecule has 0 spiro atoms. The van der Waals surface area contributed by atoms with E-state index in [-0.39, 0.29) is 5.91 Å². The van der Waals surface area contributed by atoms with E-state index in [0.29, 0.717) is 18.8 Å². The fraction of sp³-hybridized carbons (Fsp3) is 0.190. The zero-order valence-electron chi connectivity index (χ0n) is 14.9. The van der Waals surface area contributed by atoms with Gasteiger partial charge in [0.05, 0.1) is 11.9 Å². The normalized spacial score (nSPS) is 10.3. The number of carbonyl (C=O) groups excluding carboxylic acids is 1. The zero-order valence-corrected chi connectivity index (χ0v) is 14.9. The minimum absolute atomic E-state index is 0.0833. The first-order valence-corrected chi connectivity index (χ1v) is 8.42. The molecule has 1 amide bonds. The molecule has 0 unspecified atom stereocenters. The van der Waals surface area contributed by atoms with Crippen LogP contribution in [0, 0.1) is 12.3 Å². The van der Waals surface area contributed by atoms with Gasteiger partial charge in [0.2, 0.25) is 5.91 Å². The molecule has 0 fully saturated rings. The lowest BCUT2D eigenvalue weighted by Crippen LogP contribution is -2.27. The molecule has 0 aliphatic carbocycles. The molecule has 0 radical (unpaired) electrons. The summed E-state index contributed by atoms with van der Waals surface area (Å²) >= 11 is 0. The van der Waals surface area contributed by atoms with Gasteiger partial charge in [-0.1, -0.05) is 18.1 Å². The van der Waals surface area contributed by atoms with Crippen LogP contribution >= 0.6 is 0 Å². The number of rotatable bonds is 5. The van der Waals surface area contributed by atoms with Gasteiger partial charge in [-0.2, -0.15) is 0 Å².